The van der Waals surface area contributed by atoms with Crippen molar-refractivity contribution in [3.8, 4) is 0 Å². The van der Waals surface area contributed by atoms with Crippen LogP contribution in [0.4, 0.5) is 5.82 Å². The van der Waals surface area contributed by atoms with Gasteiger partial charge >= 0.3 is 5.97 Å². The Hall–Kier alpha value is -2.14. The number of rotatable bonds is 4. The number of carbonyl (C=O) groups excluding carboxylic acids is 1. The van der Waals surface area contributed by atoms with E-state index in [1.54, 1.807) is 0 Å². The average Bonchev–Trinajstić information content (AvgIpc) is 2.46. The maximum atomic E-state index is 11.2. The molecule has 1 N–H and O–H groups in total. The van der Waals surface area contributed by atoms with Gasteiger partial charge in [-0.3, -0.25) is 0 Å². The van der Waals surface area contributed by atoms with E-state index in [1.165, 1.54) is 19.5 Å². The normalized spacial score (nSPS) is 10.0. The van der Waals surface area contributed by atoms with Crippen LogP contribution >= 0.6 is 11.6 Å². The van der Waals surface area contributed by atoms with Crippen LogP contribution in [0, 0.1) is 0 Å². The van der Waals surface area contributed by atoms with Crippen molar-refractivity contribution in [1.82, 2.24) is 9.97 Å². The van der Waals surface area contributed by atoms with Crippen LogP contribution in [0.3, 0.4) is 0 Å². The van der Waals surface area contributed by atoms with Crippen LogP contribution in [0.5, 0.6) is 0 Å². The molecule has 0 saturated carbocycles. The number of nitrogens with one attached hydrogen (secondary N) is 1. The lowest BCUT2D eigenvalue weighted by Crippen LogP contribution is -2.07. The Bertz CT molecular complexity index is 572. The first-order valence-corrected chi connectivity index (χ1v) is 5.96. The van der Waals surface area contributed by atoms with Gasteiger partial charge in [0.25, 0.3) is 0 Å². The van der Waals surface area contributed by atoms with Crippen molar-refractivity contribution < 1.29 is 9.53 Å². The third-order valence-corrected chi connectivity index (χ3v) is 2.83. The van der Waals surface area contributed by atoms with Gasteiger partial charge in [-0.25, -0.2) is 14.8 Å². The van der Waals surface area contributed by atoms with Crippen molar-refractivity contribution in [2.45, 2.75) is 6.54 Å². The summed E-state index contributed by atoms with van der Waals surface area (Å²) in [6.07, 6.45) is 2.84. The van der Waals surface area contributed by atoms with Gasteiger partial charge in [-0.05, 0) is 11.6 Å². The molecule has 0 saturated heterocycles. The van der Waals surface area contributed by atoms with Crippen molar-refractivity contribution in [1.29, 1.82) is 0 Å². The number of anilines is 1. The SMILES string of the molecule is COC(=O)c1cnc(NCc2ccccc2Cl)cn1. The van der Waals surface area contributed by atoms with E-state index < -0.39 is 5.97 Å². The van der Waals surface area contributed by atoms with E-state index in [2.05, 4.69) is 20.0 Å². The third-order valence-electron chi connectivity index (χ3n) is 2.46. The molecule has 19 heavy (non-hydrogen) atoms. The first kappa shape index (κ1) is 13.3. The minimum atomic E-state index is -0.509. The van der Waals surface area contributed by atoms with E-state index in [4.69, 9.17) is 11.6 Å². The highest BCUT2D eigenvalue weighted by molar-refractivity contribution is 6.31. The van der Waals surface area contributed by atoms with E-state index in [-0.39, 0.29) is 5.69 Å². The zero-order chi connectivity index (χ0) is 13.7. The molecule has 2 aromatic rings. The fourth-order valence-corrected chi connectivity index (χ4v) is 1.66. The molecule has 0 unspecified atom stereocenters. The predicted octanol–water partition coefficient (Wildman–Crippen LogP) is 2.53. The molecule has 6 heteroatoms. The van der Waals surface area contributed by atoms with Crippen LogP contribution in [0.25, 0.3) is 0 Å². The van der Waals surface area contributed by atoms with Crippen LogP contribution in [-0.4, -0.2) is 23.0 Å². The highest BCUT2D eigenvalue weighted by Gasteiger charge is 2.07. The fourth-order valence-electron chi connectivity index (χ4n) is 1.46. The van der Waals surface area contributed by atoms with Crippen LogP contribution in [0.2, 0.25) is 5.02 Å². The Morgan fingerprint density at radius 1 is 1.32 bits per heavy atom. The van der Waals surface area contributed by atoms with E-state index in [0.717, 1.165) is 5.56 Å². The van der Waals surface area contributed by atoms with E-state index in [9.17, 15) is 4.79 Å². The molecule has 2 rings (SSSR count). The molecule has 1 aromatic heterocycles. The van der Waals surface area contributed by atoms with Gasteiger partial charge in [0.2, 0.25) is 0 Å². The fraction of sp³-hybridized carbons (Fsp3) is 0.154. The smallest absolute Gasteiger partial charge is 0.358 e. The lowest BCUT2D eigenvalue weighted by atomic mass is 10.2. The number of hydrogen-bond donors (Lipinski definition) is 1. The highest BCUT2D eigenvalue weighted by Crippen LogP contribution is 2.16. The Balaban J connectivity index is 2.01. The first-order chi connectivity index (χ1) is 9.20. The third kappa shape index (κ3) is 3.42. The second kappa shape index (κ2) is 6.15. The van der Waals surface area contributed by atoms with Crippen molar-refractivity contribution in [2.24, 2.45) is 0 Å². The molecule has 0 fully saturated rings. The summed E-state index contributed by atoms with van der Waals surface area (Å²) in [7, 11) is 1.30. The van der Waals surface area contributed by atoms with Crippen LogP contribution < -0.4 is 5.32 Å². The van der Waals surface area contributed by atoms with Gasteiger partial charge in [-0.1, -0.05) is 29.8 Å². The zero-order valence-corrected chi connectivity index (χ0v) is 11.0. The lowest BCUT2D eigenvalue weighted by molar-refractivity contribution is 0.0593. The predicted molar refractivity (Wildman–Crippen MR) is 72.2 cm³/mol. The van der Waals surface area contributed by atoms with Gasteiger partial charge in [0.05, 0.1) is 19.5 Å². The topological polar surface area (TPSA) is 64.1 Å². The molecule has 1 aromatic carbocycles. The lowest BCUT2D eigenvalue weighted by Gasteiger charge is -2.07. The molecule has 98 valence electrons. The number of benzene rings is 1. The number of ether oxygens (including phenoxy) is 1. The summed E-state index contributed by atoms with van der Waals surface area (Å²) < 4.78 is 4.54. The van der Waals surface area contributed by atoms with Gasteiger partial charge < -0.3 is 10.1 Å². The molecule has 0 aliphatic heterocycles. The Labute approximate surface area is 115 Å². The largest absolute Gasteiger partial charge is 0.464 e. The van der Waals surface area contributed by atoms with Gasteiger partial charge in [0, 0.05) is 11.6 Å². The van der Waals surface area contributed by atoms with Crippen molar-refractivity contribution in [3.05, 3.63) is 52.9 Å². The molecule has 0 aliphatic carbocycles. The molecule has 0 amide bonds. The quantitative estimate of drug-likeness (QED) is 0.870. The Morgan fingerprint density at radius 3 is 2.74 bits per heavy atom. The summed E-state index contributed by atoms with van der Waals surface area (Å²) >= 11 is 6.04. The summed E-state index contributed by atoms with van der Waals surface area (Å²) in [5.41, 5.74) is 1.13. The summed E-state index contributed by atoms with van der Waals surface area (Å²) in [5, 5.41) is 3.76. The average molecular weight is 278 g/mol. The number of methoxy groups -OCH3 is 1. The molecular weight excluding hydrogens is 266 g/mol. The minimum Gasteiger partial charge on any atom is -0.464 e. The molecule has 0 bridgehead atoms. The minimum absolute atomic E-state index is 0.172. The van der Waals surface area contributed by atoms with Crippen LogP contribution in [0.15, 0.2) is 36.7 Å². The highest BCUT2D eigenvalue weighted by atomic mass is 35.5. The molecule has 5 nitrogen and oxygen atoms in total. The monoisotopic (exact) mass is 277 g/mol. The zero-order valence-electron chi connectivity index (χ0n) is 10.3. The standard InChI is InChI=1S/C13H12ClN3O2/c1-19-13(18)11-7-17-12(8-15-11)16-6-9-4-2-3-5-10(9)14/h2-5,7-8H,6H2,1H3,(H,16,17). The van der Waals surface area contributed by atoms with Gasteiger partial charge in [-0.2, -0.15) is 0 Å². The summed E-state index contributed by atoms with van der Waals surface area (Å²) in [4.78, 5) is 19.2. The number of carbonyl (C=O) groups is 1. The molecule has 0 radical (unpaired) electrons. The number of nitrogens with zero attached hydrogens (tertiary/aromatic N) is 2. The summed E-state index contributed by atoms with van der Waals surface area (Å²) in [5.74, 6) is 0.0535. The van der Waals surface area contributed by atoms with Crippen molar-refractivity contribution in [3.63, 3.8) is 0 Å². The second-order valence-electron chi connectivity index (χ2n) is 3.72. The van der Waals surface area contributed by atoms with Gasteiger partial charge in [0.15, 0.2) is 5.69 Å². The summed E-state index contributed by atoms with van der Waals surface area (Å²) in [6.45, 7) is 0.534. The molecule has 0 spiro atoms. The number of aromatic nitrogens is 2. The molecule has 0 aliphatic rings. The Morgan fingerprint density at radius 2 is 2.11 bits per heavy atom. The Kier molecular flexibility index (Phi) is 4.30. The van der Waals surface area contributed by atoms with Crippen molar-refractivity contribution in [2.75, 3.05) is 12.4 Å². The number of hydrogen-bond acceptors (Lipinski definition) is 5. The first-order valence-electron chi connectivity index (χ1n) is 5.58. The maximum absolute atomic E-state index is 11.2. The molecule has 0 atom stereocenters. The van der Waals surface area contributed by atoms with E-state index in [1.807, 2.05) is 24.3 Å². The van der Waals surface area contributed by atoms with Crippen LogP contribution in [0.1, 0.15) is 16.1 Å². The van der Waals surface area contributed by atoms with Crippen molar-refractivity contribution >= 4 is 23.4 Å². The van der Waals surface area contributed by atoms with Gasteiger partial charge in [-0.15, -0.1) is 0 Å². The van der Waals surface area contributed by atoms with E-state index in [0.29, 0.717) is 17.4 Å². The maximum Gasteiger partial charge on any atom is 0.358 e. The summed E-state index contributed by atoms with van der Waals surface area (Å²) in [6, 6.07) is 7.53. The van der Waals surface area contributed by atoms with Gasteiger partial charge in [0.1, 0.15) is 5.82 Å². The van der Waals surface area contributed by atoms with Crippen LogP contribution in [-0.2, 0) is 11.3 Å². The molecular formula is C13H12ClN3O2. The second-order valence-corrected chi connectivity index (χ2v) is 4.13. The van der Waals surface area contributed by atoms with E-state index >= 15 is 0 Å². The number of esters is 1. The molecule has 1 heterocycles. The number of halogens is 1.